The number of nitrogens with one attached hydrogen (secondary N) is 1. The minimum Gasteiger partial charge on any atom is -0.390 e. The number of hydrogen-bond acceptors (Lipinski definition) is 5. The summed E-state index contributed by atoms with van der Waals surface area (Å²) in [6.45, 7) is 3.94. The number of aromatic nitrogens is 2. The number of ketones is 1. The first-order valence-corrected chi connectivity index (χ1v) is 11.1. The van der Waals surface area contributed by atoms with Crippen LogP contribution in [0, 0.1) is 5.92 Å². The highest BCUT2D eigenvalue weighted by atomic mass is 32.2. The van der Waals surface area contributed by atoms with Crippen molar-refractivity contribution in [1.82, 2.24) is 10.4 Å². The third kappa shape index (κ3) is 8.36. The zero-order valence-electron chi connectivity index (χ0n) is 16.9. The molecule has 1 N–H and O–H groups in total. The van der Waals surface area contributed by atoms with Crippen LogP contribution in [-0.4, -0.2) is 34.9 Å². The summed E-state index contributed by atoms with van der Waals surface area (Å²) < 4.78 is 43.4. The molecule has 1 aromatic heterocycles. The summed E-state index contributed by atoms with van der Waals surface area (Å²) >= 11 is 0.740. The van der Waals surface area contributed by atoms with E-state index in [2.05, 4.69) is 10.4 Å². The minimum atomic E-state index is -4.29. The number of rotatable bonds is 8. The number of Topliss-reactive ketones (excluding diaryl/α,β-unsaturated/α-hetero) is 1. The first-order valence-electron chi connectivity index (χ1n) is 10.1. The van der Waals surface area contributed by atoms with Crippen LogP contribution in [0.25, 0.3) is 0 Å². The van der Waals surface area contributed by atoms with Crippen molar-refractivity contribution < 1.29 is 31.9 Å². The Kier molecular flexibility index (Phi) is 8.98. The summed E-state index contributed by atoms with van der Waals surface area (Å²) in [5.74, 6) is -0.625. The van der Waals surface area contributed by atoms with Gasteiger partial charge in [-0.3, -0.25) is 4.79 Å². The van der Waals surface area contributed by atoms with E-state index in [1.807, 2.05) is 13.8 Å². The van der Waals surface area contributed by atoms with Gasteiger partial charge in [0.1, 0.15) is 0 Å². The van der Waals surface area contributed by atoms with Crippen molar-refractivity contribution >= 4 is 23.6 Å². The molecule has 1 saturated carbocycles. The molecule has 2 rings (SSSR count). The largest absolute Gasteiger partial charge is 0.520 e. The maximum atomic E-state index is 12.7. The number of halogens is 3. The fourth-order valence-electron chi connectivity index (χ4n) is 3.08. The standard InChI is InChI=1S/C19H28F3N3O3S/c1-13(2)9-10-15(26)16-25(17(27)23-14-7-5-3-4-6-8-14)24-18(28-16)29-12-11-19(20,21)22/h13-14H,3-12H2,1-2H3/p+1. The number of amides is 1. The second-order valence-electron chi connectivity index (χ2n) is 7.79. The van der Waals surface area contributed by atoms with E-state index in [0.717, 1.165) is 55.0 Å². The molecule has 0 saturated heterocycles. The van der Waals surface area contributed by atoms with Crippen LogP contribution in [0.4, 0.5) is 18.0 Å². The van der Waals surface area contributed by atoms with Gasteiger partial charge in [-0.25, -0.2) is 5.32 Å². The molecule has 0 radical (unpaired) electrons. The molecule has 0 spiro atoms. The van der Waals surface area contributed by atoms with Gasteiger partial charge in [0.2, 0.25) is 5.78 Å². The van der Waals surface area contributed by atoms with Gasteiger partial charge >= 0.3 is 18.1 Å². The van der Waals surface area contributed by atoms with Gasteiger partial charge in [0.25, 0.3) is 5.22 Å². The van der Waals surface area contributed by atoms with Crippen LogP contribution in [0.2, 0.25) is 0 Å². The van der Waals surface area contributed by atoms with E-state index in [9.17, 15) is 22.8 Å². The molecule has 0 atom stereocenters. The van der Waals surface area contributed by atoms with E-state index < -0.39 is 18.6 Å². The zero-order valence-corrected chi connectivity index (χ0v) is 17.7. The second kappa shape index (κ2) is 11.0. The van der Waals surface area contributed by atoms with Crippen molar-refractivity contribution in [1.29, 1.82) is 0 Å². The molecular weight excluding hydrogens is 407 g/mol. The predicted octanol–water partition coefficient (Wildman–Crippen LogP) is 4.91. The lowest BCUT2D eigenvalue weighted by Crippen LogP contribution is -2.57. The summed E-state index contributed by atoms with van der Waals surface area (Å²) in [5.41, 5.74) is 0. The smallest absolute Gasteiger partial charge is 0.390 e. The average Bonchev–Trinajstić information content (AvgIpc) is 2.88. The Morgan fingerprint density at radius 3 is 2.48 bits per heavy atom. The van der Waals surface area contributed by atoms with Crippen molar-refractivity contribution in [2.24, 2.45) is 5.92 Å². The van der Waals surface area contributed by atoms with Crippen LogP contribution in [0.3, 0.4) is 0 Å². The van der Waals surface area contributed by atoms with Crippen molar-refractivity contribution in [3.63, 3.8) is 0 Å². The van der Waals surface area contributed by atoms with Crippen LogP contribution < -0.4 is 10.00 Å². The van der Waals surface area contributed by atoms with Crippen molar-refractivity contribution in [3.8, 4) is 0 Å². The number of hydrogen-bond donors (Lipinski definition) is 1. The second-order valence-corrected chi connectivity index (χ2v) is 8.84. The Labute approximate surface area is 173 Å². The maximum absolute atomic E-state index is 12.7. The number of thioether (sulfide) groups is 1. The molecule has 1 heterocycles. The Bertz CT molecular complexity index is 684. The Morgan fingerprint density at radius 2 is 1.90 bits per heavy atom. The molecule has 6 nitrogen and oxygen atoms in total. The average molecular weight is 437 g/mol. The molecule has 164 valence electrons. The molecule has 1 fully saturated rings. The molecule has 29 heavy (non-hydrogen) atoms. The van der Waals surface area contributed by atoms with Gasteiger partial charge in [0.15, 0.2) is 0 Å². The van der Waals surface area contributed by atoms with Crippen LogP contribution >= 0.6 is 11.8 Å². The van der Waals surface area contributed by atoms with Gasteiger partial charge in [-0.1, -0.05) is 38.5 Å². The molecule has 0 bridgehead atoms. The number of carbonyl (C=O) groups is 2. The Hall–Kier alpha value is -1.58. The Balaban J connectivity index is 2.12. The van der Waals surface area contributed by atoms with E-state index in [1.165, 1.54) is 0 Å². The fourth-order valence-corrected chi connectivity index (χ4v) is 3.87. The molecule has 0 aromatic carbocycles. The SMILES string of the molecule is CC(C)CCC(=O)c1oc(SCCC(F)(F)F)n[n+]1C(=O)NC1CCCCCC1. The Morgan fingerprint density at radius 1 is 1.24 bits per heavy atom. The van der Waals surface area contributed by atoms with E-state index in [-0.39, 0.29) is 41.0 Å². The fraction of sp³-hybridized carbons (Fsp3) is 0.789. The maximum Gasteiger partial charge on any atom is 0.520 e. The summed E-state index contributed by atoms with van der Waals surface area (Å²) in [5, 5.41) is 6.76. The van der Waals surface area contributed by atoms with Gasteiger partial charge in [-0.15, -0.1) is 0 Å². The lowest BCUT2D eigenvalue weighted by Gasteiger charge is -2.09. The molecule has 0 unspecified atom stereocenters. The third-order valence-corrected chi connectivity index (χ3v) is 5.55. The van der Waals surface area contributed by atoms with E-state index in [4.69, 9.17) is 4.42 Å². The van der Waals surface area contributed by atoms with Gasteiger partial charge in [0, 0.05) is 12.2 Å². The lowest BCUT2D eigenvalue weighted by molar-refractivity contribution is -0.640. The summed E-state index contributed by atoms with van der Waals surface area (Å²) in [4.78, 5) is 25.3. The van der Waals surface area contributed by atoms with Gasteiger partial charge in [-0.2, -0.15) is 18.0 Å². The van der Waals surface area contributed by atoms with Gasteiger partial charge < -0.3 is 4.42 Å². The highest BCUT2D eigenvalue weighted by molar-refractivity contribution is 7.99. The van der Waals surface area contributed by atoms with E-state index >= 15 is 0 Å². The highest BCUT2D eigenvalue weighted by Gasteiger charge is 2.34. The molecule has 0 aliphatic heterocycles. The normalized spacial score (nSPS) is 16.1. The van der Waals surface area contributed by atoms with Crippen molar-refractivity contribution in [2.45, 2.75) is 89.1 Å². The molecular formula is C19H29F3N3O3S+. The zero-order chi connectivity index (χ0) is 21.4. The first-order chi connectivity index (χ1) is 13.7. The van der Waals surface area contributed by atoms with Crippen molar-refractivity contribution in [2.75, 3.05) is 5.75 Å². The molecule has 1 amide bonds. The minimum absolute atomic E-state index is 0.00542. The summed E-state index contributed by atoms with van der Waals surface area (Å²) in [7, 11) is 0. The molecule has 1 aliphatic rings. The molecule has 1 aliphatic carbocycles. The number of nitrogens with zero attached hydrogens (tertiary/aromatic N) is 2. The highest BCUT2D eigenvalue weighted by Crippen LogP contribution is 2.25. The predicted molar refractivity (Wildman–Crippen MR) is 102 cm³/mol. The lowest BCUT2D eigenvalue weighted by atomic mass is 10.1. The van der Waals surface area contributed by atoms with Crippen molar-refractivity contribution in [3.05, 3.63) is 5.89 Å². The number of carbonyl (C=O) groups excluding carboxylic acids is 2. The monoisotopic (exact) mass is 436 g/mol. The summed E-state index contributed by atoms with van der Waals surface area (Å²) in [6.07, 6.45) is 1.50. The molecule has 1 aromatic rings. The first kappa shape index (κ1) is 23.7. The van der Waals surface area contributed by atoms with Gasteiger partial charge in [0.05, 0.1) is 12.5 Å². The van der Waals surface area contributed by atoms with Crippen LogP contribution in [0.1, 0.15) is 82.3 Å². The van der Waals surface area contributed by atoms with Crippen LogP contribution in [-0.2, 0) is 0 Å². The van der Waals surface area contributed by atoms with E-state index in [1.54, 1.807) is 0 Å². The van der Waals surface area contributed by atoms with Crippen LogP contribution in [0.15, 0.2) is 9.64 Å². The quantitative estimate of drug-likeness (QED) is 0.271. The summed E-state index contributed by atoms with van der Waals surface area (Å²) in [6, 6.07) is -0.578. The topological polar surface area (TPSA) is 76.1 Å². The van der Waals surface area contributed by atoms with E-state index in [0.29, 0.717) is 6.42 Å². The number of alkyl halides is 3. The molecule has 10 heteroatoms. The third-order valence-electron chi connectivity index (χ3n) is 4.73. The van der Waals surface area contributed by atoms with Gasteiger partial charge in [-0.05, 0) is 47.8 Å². The van der Waals surface area contributed by atoms with Crippen LogP contribution in [0.5, 0.6) is 0 Å².